The molecule has 9 nitrogen and oxygen atoms in total. The van der Waals surface area contributed by atoms with Crippen LogP contribution in [0.4, 0.5) is 0 Å². The molecule has 1 aliphatic heterocycles. The molecule has 0 unspecified atom stereocenters. The topological polar surface area (TPSA) is 117 Å². The lowest BCUT2D eigenvalue weighted by Gasteiger charge is -2.36. The van der Waals surface area contributed by atoms with Crippen LogP contribution < -0.4 is 5.32 Å². The van der Waals surface area contributed by atoms with E-state index in [0.717, 1.165) is 16.9 Å². The van der Waals surface area contributed by atoms with E-state index in [1.165, 1.54) is 28.2 Å². The van der Waals surface area contributed by atoms with Crippen molar-refractivity contribution < 1.29 is 27.2 Å². The molecule has 0 saturated carbocycles. The third-order valence-corrected chi connectivity index (χ3v) is 8.24. The summed E-state index contributed by atoms with van der Waals surface area (Å²) in [4.78, 5) is 41.7. The van der Waals surface area contributed by atoms with Crippen LogP contribution in [0.2, 0.25) is 0 Å². The van der Waals surface area contributed by atoms with Crippen LogP contribution >= 0.6 is 11.3 Å². The molecule has 1 N–H and O–H groups in total. The molecule has 1 aromatic carbocycles. The normalized spacial score (nSPS) is 15.1. The summed E-state index contributed by atoms with van der Waals surface area (Å²) in [6.07, 6.45) is 1.41. The zero-order chi connectivity index (χ0) is 24.3. The maximum atomic E-state index is 13.4. The third kappa shape index (κ3) is 4.90. The summed E-state index contributed by atoms with van der Waals surface area (Å²) in [5.74, 6) is -1.49. The van der Waals surface area contributed by atoms with Gasteiger partial charge in [0, 0.05) is 26.2 Å². The van der Waals surface area contributed by atoms with Gasteiger partial charge >= 0.3 is 0 Å². The molecule has 3 heterocycles. The molecule has 0 spiro atoms. The Hall–Kier alpha value is -3.44. The first-order valence-corrected chi connectivity index (χ1v) is 13.0. The molecule has 11 heteroatoms. The van der Waals surface area contributed by atoms with Gasteiger partial charge in [-0.3, -0.25) is 14.4 Å². The Bertz CT molecular complexity index is 1260. The second-order valence-corrected chi connectivity index (χ2v) is 10.8. The van der Waals surface area contributed by atoms with Crippen LogP contribution in [0.3, 0.4) is 0 Å². The molecule has 1 atom stereocenters. The monoisotopic (exact) mass is 501 g/mol. The smallest absolute Gasteiger partial charge is 0.289 e. The van der Waals surface area contributed by atoms with Crippen molar-refractivity contribution in [2.45, 2.75) is 17.2 Å². The van der Waals surface area contributed by atoms with Crippen LogP contribution in [0.1, 0.15) is 25.8 Å². The van der Waals surface area contributed by atoms with Crippen LogP contribution in [0, 0.1) is 6.92 Å². The van der Waals surface area contributed by atoms with Crippen molar-refractivity contribution in [3.63, 3.8) is 0 Å². The Morgan fingerprint density at radius 1 is 0.971 bits per heavy atom. The van der Waals surface area contributed by atoms with Crippen molar-refractivity contribution in [2.24, 2.45) is 0 Å². The lowest BCUT2D eigenvalue weighted by molar-refractivity contribution is -0.132. The minimum absolute atomic E-state index is 0.0606. The van der Waals surface area contributed by atoms with Gasteiger partial charge in [-0.1, -0.05) is 23.8 Å². The van der Waals surface area contributed by atoms with Crippen molar-refractivity contribution in [1.82, 2.24) is 15.1 Å². The summed E-state index contributed by atoms with van der Waals surface area (Å²) >= 11 is 1.15. The van der Waals surface area contributed by atoms with Crippen LogP contribution in [-0.4, -0.2) is 67.5 Å². The van der Waals surface area contributed by atoms with Gasteiger partial charge in [0.2, 0.25) is 15.2 Å². The summed E-state index contributed by atoms with van der Waals surface area (Å²) < 4.78 is 32.0. The average molecular weight is 502 g/mol. The highest BCUT2D eigenvalue weighted by molar-refractivity contribution is 7.92. The van der Waals surface area contributed by atoms with E-state index in [2.05, 4.69) is 5.32 Å². The molecule has 34 heavy (non-hydrogen) atoms. The fourth-order valence-corrected chi connectivity index (χ4v) is 5.68. The Balaban J connectivity index is 1.55. The Morgan fingerprint density at radius 2 is 1.65 bits per heavy atom. The van der Waals surface area contributed by atoms with Crippen molar-refractivity contribution in [1.29, 1.82) is 0 Å². The number of carbonyl (C=O) groups is 3. The quantitative estimate of drug-likeness (QED) is 0.553. The number of hydrogen-bond donors (Lipinski definition) is 1. The number of benzene rings is 1. The number of aryl methyl sites for hydroxylation is 1. The summed E-state index contributed by atoms with van der Waals surface area (Å²) in [7, 11) is -4.23. The number of carbonyl (C=O) groups excluding carboxylic acids is 3. The molecule has 1 fully saturated rings. The zero-order valence-electron chi connectivity index (χ0n) is 18.3. The van der Waals surface area contributed by atoms with E-state index in [9.17, 15) is 22.8 Å². The highest BCUT2D eigenvalue weighted by Gasteiger charge is 2.40. The van der Waals surface area contributed by atoms with Gasteiger partial charge in [0.15, 0.2) is 5.76 Å². The van der Waals surface area contributed by atoms with E-state index >= 15 is 0 Å². The minimum atomic E-state index is -4.23. The molecular formula is C23H23N3O6S2. The van der Waals surface area contributed by atoms with Crippen LogP contribution in [0.5, 0.6) is 0 Å². The minimum Gasteiger partial charge on any atom is -0.459 e. The van der Waals surface area contributed by atoms with Gasteiger partial charge in [-0.15, -0.1) is 11.3 Å². The number of amides is 3. The van der Waals surface area contributed by atoms with E-state index in [0.29, 0.717) is 4.88 Å². The second kappa shape index (κ2) is 9.82. The Kier molecular flexibility index (Phi) is 6.85. The molecule has 0 aliphatic carbocycles. The van der Waals surface area contributed by atoms with Crippen LogP contribution in [0.15, 0.2) is 69.5 Å². The number of piperazine rings is 1. The summed E-state index contributed by atoms with van der Waals surface area (Å²) in [6, 6.07) is 12.5. The SMILES string of the molecule is Cc1ccc(S(=O)(=O)[C@H](NC(=O)c2cccs2)C(=O)N2CCN(C(=O)c3ccco3)CC2)cc1. The number of hydrogen-bond acceptors (Lipinski definition) is 7. The molecule has 3 amide bonds. The van der Waals surface area contributed by atoms with Gasteiger partial charge in [-0.2, -0.15) is 0 Å². The number of rotatable bonds is 6. The number of nitrogens with one attached hydrogen (secondary N) is 1. The zero-order valence-corrected chi connectivity index (χ0v) is 20.0. The first-order valence-electron chi connectivity index (χ1n) is 10.5. The first-order chi connectivity index (χ1) is 16.3. The fourth-order valence-electron chi connectivity index (χ4n) is 3.59. The van der Waals surface area contributed by atoms with E-state index in [-0.39, 0.29) is 42.7 Å². The summed E-state index contributed by atoms with van der Waals surface area (Å²) in [5, 5.41) is 2.32. The van der Waals surface area contributed by atoms with Gasteiger partial charge in [0.25, 0.3) is 17.7 Å². The summed E-state index contributed by atoms with van der Waals surface area (Å²) in [6.45, 7) is 2.49. The average Bonchev–Trinajstić information content (AvgIpc) is 3.57. The van der Waals surface area contributed by atoms with E-state index < -0.39 is 27.0 Å². The predicted octanol–water partition coefficient (Wildman–Crippen LogP) is 2.16. The van der Waals surface area contributed by atoms with E-state index in [1.807, 2.05) is 6.92 Å². The van der Waals surface area contributed by atoms with E-state index in [1.54, 1.807) is 41.8 Å². The first kappa shape index (κ1) is 23.7. The molecule has 178 valence electrons. The third-order valence-electron chi connectivity index (χ3n) is 5.50. The molecule has 1 saturated heterocycles. The molecule has 0 radical (unpaired) electrons. The van der Waals surface area contributed by atoms with Gasteiger partial charge in [-0.05, 0) is 42.6 Å². The second-order valence-electron chi connectivity index (χ2n) is 7.78. The lowest BCUT2D eigenvalue weighted by atomic mass is 10.2. The predicted molar refractivity (Wildman–Crippen MR) is 125 cm³/mol. The molecular weight excluding hydrogens is 478 g/mol. The maximum absolute atomic E-state index is 13.4. The van der Waals surface area contributed by atoms with Gasteiger partial charge in [0.05, 0.1) is 16.0 Å². The standard InChI is InChI=1S/C23H23N3O6S2/c1-16-6-8-17(9-7-16)34(30,31)21(24-20(27)19-5-3-15-33-19)23(29)26-12-10-25(11-13-26)22(28)18-4-2-14-32-18/h2-9,14-15,21H,10-13H2,1H3,(H,24,27)/t21-/m0/s1. The fraction of sp³-hybridized carbons (Fsp3) is 0.261. The molecule has 3 aromatic rings. The summed E-state index contributed by atoms with van der Waals surface area (Å²) in [5.41, 5.74) is 0.863. The van der Waals surface area contributed by atoms with Crippen molar-refractivity contribution in [3.8, 4) is 0 Å². The Morgan fingerprint density at radius 3 is 2.24 bits per heavy atom. The van der Waals surface area contributed by atoms with Crippen molar-refractivity contribution in [3.05, 3.63) is 76.4 Å². The highest BCUT2D eigenvalue weighted by Crippen LogP contribution is 2.20. The number of thiophene rings is 1. The molecule has 2 aromatic heterocycles. The van der Waals surface area contributed by atoms with Gasteiger partial charge in [-0.25, -0.2) is 8.42 Å². The molecule has 1 aliphatic rings. The number of sulfone groups is 1. The Labute approximate surface area is 200 Å². The lowest BCUT2D eigenvalue weighted by Crippen LogP contribution is -2.57. The molecule has 0 bridgehead atoms. The molecule has 4 rings (SSSR count). The van der Waals surface area contributed by atoms with E-state index in [4.69, 9.17) is 4.42 Å². The van der Waals surface area contributed by atoms with Gasteiger partial charge in [0.1, 0.15) is 0 Å². The van der Waals surface area contributed by atoms with Crippen molar-refractivity contribution in [2.75, 3.05) is 26.2 Å². The number of furan rings is 1. The van der Waals surface area contributed by atoms with Crippen molar-refractivity contribution >= 4 is 38.9 Å². The maximum Gasteiger partial charge on any atom is 0.289 e. The van der Waals surface area contributed by atoms with Gasteiger partial charge < -0.3 is 19.5 Å². The highest BCUT2D eigenvalue weighted by atomic mass is 32.2. The largest absolute Gasteiger partial charge is 0.459 e. The van der Waals surface area contributed by atoms with Crippen LogP contribution in [0.25, 0.3) is 0 Å². The van der Waals surface area contributed by atoms with Crippen LogP contribution in [-0.2, 0) is 14.6 Å². The number of nitrogens with zero attached hydrogens (tertiary/aromatic N) is 2.